The van der Waals surface area contributed by atoms with Gasteiger partial charge in [-0.1, -0.05) is 79.9 Å². The van der Waals surface area contributed by atoms with Gasteiger partial charge in [0.1, 0.15) is 17.4 Å². The zero-order valence-corrected chi connectivity index (χ0v) is 34.8. The quantitative estimate of drug-likeness (QED) is 0.0787. The van der Waals surface area contributed by atoms with Crippen molar-refractivity contribution in [3.8, 4) is 5.75 Å². The first kappa shape index (κ1) is 41.6. The smallest absolute Gasteiger partial charge is 0.272 e. The molecule has 1 amide bonds. The molecule has 0 spiro atoms. The van der Waals surface area contributed by atoms with Crippen LogP contribution in [0.15, 0.2) is 114 Å². The minimum Gasteiger partial charge on any atom is -0.494 e. The van der Waals surface area contributed by atoms with Gasteiger partial charge in [-0.25, -0.2) is 13.9 Å². The number of amides is 1. The molecular weight excluding hydrogens is 794 g/mol. The number of piperazine rings is 1. The van der Waals surface area contributed by atoms with Crippen molar-refractivity contribution in [2.75, 3.05) is 39.3 Å². The molecule has 12 heteroatoms. The number of aromatic amines is 2. The van der Waals surface area contributed by atoms with Crippen LogP contribution in [-0.2, 0) is 6.42 Å². The number of hydrogen-bond acceptors (Lipinski definition) is 6. The lowest BCUT2D eigenvalue weighted by atomic mass is 9.87. The molecule has 0 saturated carbocycles. The summed E-state index contributed by atoms with van der Waals surface area (Å²) in [7, 11) is 0. The van der Waals surface area contributed by atoms with Crippen LogP contribution in [0.4, 0.5) is 8.78 Å². The molecule has 0 unspecified atom stereocenters. The van der Waals surface area contributed by atoms with Crippen LogP contribution in [0.3, 0.4) is 0 Å². The summed E-state index contributed by atoms with van der Waals surface area (Å²) in [5.74, 6) is -0.427. The lowest BCUT2D eigenvalue weighted by Gasteiger charge is -2.35. The number of allylic oxidation sites excluding steroid dienone is 1. The minimum atomic E-state index is -0.544. The molecule has 8 rings (SSSR count). The van der Waals surface area contributed by atoms with E-state index in [1.54, 1.807) is 41.4 Å². The van der Waals surface area contributed by atoms with E-state index in [1.165, 1.54) is 18.2 Å². The van der Waals surface area contributed by atoms with E-state index in [1.807, 2.05) is 30.3 Å². The third-order valence-electron chi connectivity index (χ3n) is 11.5. The molecule has 9 nitrogen and oxygen atoms in total. The maximum atomic E-state index is 15.0. The Morgan fingerprint density at radius 2 is 1.57 bits per heavy atom. The third-order valence-corrected chi connectivity index (χ3v) is 11.8. The highest BCUT2D eigenvalue weighted by Gasteiger charge is 2.25. The van der Waals surface area contributed by atoms with Gasteiger partial charge in [-0.05, 0) is 114 Å². The Morgan fingerprint density at radius 3 is 2.36 bits per heavy atom. The van der Waals surface area contributed by atoms with E-state index in [0.29, 0.717) is 48.6 Å². The minimum absolute atomic E-state index is 0.0564. The molecule has 1 aliphatic heterocycles. The van der Waals surface area contributed by atoms with Crippen molar-refractivity contribution >= 4 is 50.3 Å². The number of nitrogens with one attached hydrogen (secondary N) is 2. The van der Waals surface area contributed by atoms with Crippen LogP contribution in [0.5, 0.6) is 5.75 Å². The molecule has 3 heterocycles. The molecule has 0 aliphatic carbocycles. The molecular formula is C49H47ClF2N6O3. The van der Waals surface area contributed by atoms with Gasteiger partial charge in [0.05, 0.1) is 40.0 Å². The van der Waals surface area contributed by atoms with Crippen molar-refractivity contribution in [1.82, 2.24) is 30.2 Å². The number of carbonyl (C=O) groups is 1. The summed E-state index contributed by atoms with van der Waals surface area (Å²) >= 11 is 6.60. The maximum absolute atomic E-state index is 15.0. The van der Waals surface area contributed by atoms with Crippen molar-refractivity contribution in [3.63, 3.8) is 0 Å². The lowest BCUT2D eigenvalue weighted by Crippen LogP contribution is -2.49. The van der Waals surface area contributed by atoms with Crippen LogP contribution in [0.25, 0.3) is 32.8 Å². The van der Waals surface area contributed by atoms with Crippen LogP contribution in [0.2, 0.25) is 5.02 Å². The molecule has 1 saturated heterocycles. The molecule has 1 fully saturated rings. The summed E-state index contributed by atoms with van der Waals surface area (Å²) in [6, 6.07) is 30.7. The van der Waals surface area contributed by atoms with E-state index in [9.17, 15) is 18.4 Å². The van der Waals surface area contributed by atoms with Gasteiger partial charge in [-0.3, -0.25) is 19.6 Å². The SMILES string of the molecule is CC/C(=C(/c1ccc(OCCCCCCN2CCN(C(=O)c3cc(Cc4n[nH]c(=O)c5ccccc45)ccc3F)CC2)cc1)c1ccc2[nH]ncc2c1)c1ccc(F)cc1Cl. The number of rotatable bonds is 15. The van der Waals surface area contributed by atoms with Gasteiger partial charge in [0.2, 0.25) is 0 Å². The fourth-order valence-electron chi connectivity index (χ4n) is 8.24. The van der Waals surface area contributed by atoms with Crippen molar-refractivity contribution in [2.45, 2.75) is 45.4 Å². The first-order chi connectivity index (χ1) is 29.7. The van der Waals surface area contributed by atoms with E-state index in [0.717, 1.165) is 101 Å². The van der Waals surface area contributed by atoms with Gasteiger partial charge in [-0.15, -0.1) is 0 Å². The molecule has 0 radical (unpaired) electrons. The van der Waals surface area contributed by atoms with Crippen molar-refractivity contribution < 1.29 is 18.3 Å². The van der Waals surface area contributed by atoms with Gasteiger partial charge < -0.3 is 9.64 Å². The predicted molar refractivity (Wildman–Crippen MR) is 238 cm³/mol. The topological polar surface area (TPSA) is 107 Å². The fraction of sp³-hybridized carbons (Fsp3) is 0.265. The molecule has 61 heavy (non-hydrogen) atoms. The van der Waals surface area contributed by atoms with Crippen molar-refractivity contribution in [3.05, 3.63) is 170 Å². The number of H-pyrrole nitrogens is 2. The van der Waals surface area contributed by atoms with Gasteiger partial charge in [0.25, 0.3) is 11.5 Å². The standard InChI is InChI=1S/C49H47ClF2N6O3/c1-2-38(39-18-15-36(51)30-43(39)50)47(34-14-20-45-35(29-34)31-53-54-45)33-12-16-37(17-13-33)61-26-8-4-3-7-21-57-22-24-58(25-23-57)49(60)42-27-32(11-19-44(42)52)28-46-40-9-5-6-10-41(40)48(59)56-55-46/h5-6,9-20,27,29-31H,2-4,7-8,21-26,28H2,1H3,(H,53,54)(H,56,59)/b47-38+. The van der Waals surface area contributed by atoms with Crippen LogP contribution in [-0.4, -0.2) is 75.4 Å². The summed E-state index contributed by atoms with van der Waals surface area (Å²) < 4.78 is 35.2. The predicted octanol–water partition coefficient (Wildman–Crippen LogP) is 10.1. The molecule has 5 aromatic carbocycles. The summed E-state index contributed by atoms with van der Waals surface area (Å²) in [5.41, 5.74) is 7.00. The highest BCUT2D eigenvalue weighted by molar-refractivity contribution is 6.32. The Kier molecular flexibility index (Phi) is 13.0. The van der Waals surface area contributed by atoms with Gasteiger partial charge in [0.15, 0.2) is 0 Å². The molecule has 0 atom stereocenters. The van der Waals surface area contributed by atoms with Gasteiger partial charge in [0, 0.05) is 43.4 Å². The number of fused-ring (bicyclic) bond motifs is 2. The second-order valence-electron chi connectivity index (χ2n) is 15.5. The number of ether oxygens (including phenoxy) is 1. The van der Waals surface area contributed by atoms with Crippen LogP contribution in [0.1, 0.15) is 77.3 Å². The highest BCUT2D eigenvalue weighted by atomic mass is 35.5. The average Bonchev–Trinajstić information content (AvgIpc) is 3.76. The molecule has 312 valence electrons. The number of aromatic nitrogens is 4. The number of halogens is 3. The normalized spacial score (nSPS) is 13.8. The number of hydrogen-bond donors (Lipinski definition) is 2. The Hall–Kier alpha value is -6.17. The second kappa shape index (κ2) is 19.0. The Labute approximate surface area is 358 Å². The molecule has 2 aromatic heterocycles. The highest BCUT2D eigenvalue weighted by Crippen LogP contribution is 2.38. The van der Waals surface area contributed by atoms with Gasteiger partial charge in [-0.2, -0.15) is 10.2 Å². The summed E-state index contributed by atoms with van der Waals surface area (Å²) in [4.78, 5) is 29.8. The number of unbranched alkanes of at least 4 members (excludes halogenated alkanes) is 3. The fourth-order valence-corrected chi connectivity index (χ4v) is 8.52. The monoisotopic (exact) mass is 840 g/mol. The lowest BCUT2D eigenvalue weighted by molar-refractivity contribution is 0.0630. The molecule has 2 N–H and O–H groups in total. The largest absolute Gasteiger partial charge is 0.494 e. The summed E-state index contributed by atoms with van der Waals surface area (Å²) in [6.07, 6.45) is 6.94. The van der Waals surface area contributed by atoms with Crippen LogP contribution in [0, 0.1) is 11.6 Å². The van der Waals surface area contributed by atoms with E-state index in [4.69, 9.17) is 16.3 Å². The number of nitrogens with zero attached hydrogens (tertiary/aromatic N) is 4. The first-order valence-electron chi connectivity index (χ1n) is 20.9. The Balaban J connectivity index is 0.797. The number of benzene rings is 5. The summed E-state index contributed by atoms with van der Waals surface area (Å²) in [5, 5.41) is 16.6. The van der Waals surface area contributed by atoms with Gasteiger partial charge >= 0.3 is 0 Å². The molecule has 7 aromatic rings. The van der Waals surface area contributed by atoms with E-state index in [-0.39, 0.29) is 22.8 Å². The summed E-state index contributed by atoms with van der Waals surface area (Å²) in [6.45, 7) is 6.20. The third kappa shape index (κ3) is 9.58. The van der Waals surface area contributed by atoms with E-state index < -0.39 is 5.82 Å². The Bertz CT molecular complexity index is 2760. The van der Waals surface area contributed by atoms with Crippen molar-refractivity contribution in [1.29, 1.82) is 0 Å². The first-order valence-corrected chi connectivity index (χ1v) is 21.2. The van der Waals surface area contributed by atoms with Crippen LogP contribution < -0.4 is 10.3 Å². The zero-order valence-electron chi connectivity index (χ0n) is 34.0. The number of carbonyl (C=O) groups excluding carboxylic acids is 1. The molecule has 1 aliphatic rings. The zero-order chi connectivity index (χ0) is 42.3. The van der Waals surface area contributed by atoms with E-state index in [2.05, 4.69) is 56.5 Å². The second-order valence-corrected chi connectivity index (χ2v) is 15.9. The Morgan fingerprint density at radius 1 is 0.803 bits per heavy atom. The van der Waals surface area contributed by atoms with E-state index >= 15 is 0 Å². The average molecular weight is 841 g/mol. The van der Waals surface area contributed by atoms with Crippen molar-refractivity contribution in [2.24, 2.45) is 0 Å². The molecule has 0 bridgehead atoms. The van der Waals surface area contributed by atoms with Crippen LogP contribution >= 0.6 is 11.6 Å². The maximum Gasteiger partial charge on any atom is 0.272 e.